The molecular formula is C35H52N4O7. The predicted octanol–water partition coefficient (Wildman–Crippen LogP) is 4.45. The highest BCUT2D eigenvalue weighted by Gasteiger charge is 2.35. The Bertz CT molecular complexity index is 1220. The number of allylic oxidation sites excluding steroid dienone is 2. The second-order valence-corrected chi connectivity index (χ2v) is 13.5. The number of hydrogen-bond donors (Lipinski definition) is 4. The van der Waals surface area contributed by atoms with Crippen LogP contribution in [0.4, 0.5) is 4.79 Å². The second-order valence-electron chi connectivity index (χ2n) is 13.5. The van der Waals surface area contributed by atoms with E-state index in [1.165, 1.54) is 6.92 Å². The van der Waals surface area contributed by atoms with Gasteiger partial charge in [-0.25, -0.2) is 4.79 Å². The summed E-state index contributed by atoms with van der Waals surface area (Å²) in [7, 11) is 0. The second kappa shape index (κ2) is 17.8. The van der Waals surface area contributed by atoms with Crippen molar-refractivity contribution in [1.29, 1.82) is 0 Å². The molecule has 11 heteroatoms. The van der Waals surface area contributed by atoms with Crippen molar-refractivity contribution in [2.24, 2.45) is 11.8 Å². The van der Waals surface area contributed by atoms with E-state index >= 15 is 0 Å². The summed E-state index contributed by atoms with van der Waals surface area (Å²) in [4.78, 5) is 64.7. The molecule has 1 aromatic carbocycles. The molecule has 1 saturated heterocycles. The van der Waals surface area contributed by atoms with Crippen LogP contribution < -0.4 is 21.3 Å². The Morgan fingerprint density at radius 2 is 1.70 bits per heavy atom. The molecule has 46 heavy (non-hydrogen) atoms. The van der Waals surface area contributed by atoms with Crippen LogP contribution in [0.15, 0.2) is 42.1 Å². The Kier molecular flexibility index (Phi) is 14.2. The van der Waals surface area contributed by atoms with Crippen LogP contribution in [0.5, 0.6) is 0 Å². The van der Waals surface area contributed by atoms with E-state index in [1.807, 2.05) is 51.1 Å². The van der Waals surface area contributed by atoms with Crippen molar-refractivity contribution in [3.05, 3.63) is 47.7 Å². The topological polar surface area (TPSA) is 152 Å². The van der Waals surface area contributed by atoms with Gasteiger partial charge in [-0.1, -0.05) is 68.5 Å². The van der Waals surface area contributed by atoms with Crippen molar-refractivity contribution in [3.63, 3.8) is 0 Å². The molecule has 1 heterocycles. The molecule has 4 atom stereocenters. The van der Waals surface area contributed by atoms with E-state index in [4.69, 9.17) is 9.47 Å². The quantitative estimate of drug-likeness (QED) is 0.221. The first-order valence-electron chi connectivity index (χ1n) is 16.5. The standard InChI is InChI=1S/C35H52N4O7/c1-23(40)16-17-28(21-27-18-19-36-31(27)41)37-32(42)29(20-25-12-8-6-9-13-25)38-33(43)30(24(2)46-35(3,4)5)39-34(44)45-22-26-14-10-7-11-15-26/h7,10-11,14-15,17,24-25,27,29-30H,6,8-9,12-13,16,18-22H2,1-5H3,(H,36,41)(H,37,42)(H,38,43)(H,39,44)/t24?,27-,29-,30-/m0/s1. The van der Waals surface area contributed by atoms with Gasteiger partial charge in [0.05, 0.1) is 11.7 Å². The summed E-state index contributed by atoms with van der Waals surface area (Å²) in [6.07, 6.45) is 6.71. The van der Waals surface area contributed by atoms with Gasteiger partial charge in [0.1, 0.15) is 24.5 Å². The minimum atomic E-state index is -1.15. The summed E-state index contributed by atoms with van der Waals surface area (Å²) in [5.41, 5.74) is 0.661. The van der Waals surface area contributed by atoms with E-state index in [0.717, 1.165) is 37.7 Å². The molecule has 1 saturated carbocycles. The molecule has 2 fully saturated rings. The fourth-order valence-electron chi connectivity index (χ4n) is 5.97. The van der Waals surface area contributed by atoms with Crippen molar-refractivity contribution in [2.45, 2.75) is 123 Å². The Morgan fingerprint density at radius 1 is 1.00 bits per heavy atom. The van der Waals surface area contributed by atoms with Crippen molar-refractivity contribution in [2.75, 3.05) is 6.54 Å². The predicted molar refractivity (Wildman–Crippen MR) is 174 cm³/mol. The number of benzene rings is 1. The first kappa shape index (κ1) is 36.7. The maximum absolute atomic E-state index is 13.9. The zero-order chi connectivity index (χ0) is 33.7. The molecule has 0 bridgehead atoms. The molecule has 254 valence electrons. The van der Waals surface area contributed by atoms with Crippen LogP contribution in [0.3, 0.4) is 0 Å². The lowest BCUT2D eigenvalue weighted by Gasteiger charge is -2.32. The van der Waals surface area contributed by atoms with Crippen molar-refractivity contribution >= 4 is 29.6 Å². The van der Waals surface area contributed by atoms with Crippen LogP contribution in [-0.4, -0.2) is 59.9 Å². The van der Waals surface area contributed by atoms with Gasteiger partial charge in [-0.15, -0.1) is 0 Å². The van der Waals surface area contributed by atoms with Crippen molar-refractivity contribution in [3.8, 4) is 0 Å². The molecule has 11 nitrogen and oxygen atoms in total. The number of ether oxygens (including phenoxy) is 2. The summed E-state index contributed by atoms with van der Waals surface area (Å²) in [5, 5.41) is 11.3. The van der Waals surface area contributed by atoms with Crippen LogP contribution in [-0.2, 0) is 35.3 Å². The number of hydrogen-bond acceptors (Lipinski definition) is 7. The molecule has 1 aliphatic carbocycles. The summed E-state index contributed by atoms with van der Waals surface area (Å²) in [5.74, 6) is -1.24. The molecule has 1 aliphatic heterocycles. The number of alkyl carbamates (subject to hydrolysis) is 1. The number of rotatable bonds is 15. The first-order valence-corrected chi connectivity index (χ1v) is 16.5. The highest BCUT2D eigenvalue weighted by molar-refractivity contribution is 5.92. The van der Waals surface area contributed by atoms with E-state index in [1.54, 1.807) is 13.0 Å². The van der Waals surface area contributed by atoms with Gasteiger partial charge in [-0.3, -0.25) is 19.2 Å². The van der Waals surface area contributed by atoms with E-state index in [-0.39, 0.29) is 43.0 Å². The third-order valence-corrected chi connectivity index (χ3v) is 8.25. The fourth-order valence-corrected chi connectivity index (χ4v) is 5.97. The van der Waals surface area contributed by atoms with Crippen LogP contribution in [0, 0.1) is 11.8 Å². The van der Waals surface area contributed by atoms with E-state index in [0.29, 0.717) is 25.1 Å². The summed E-state index contributed by atoms with van der Waals surface area (Å²) in [6, 6.07) is 7.13. The number of carbonyl (C=O) groups excluding carboxylic acids is 5. The monoisotopic (exact) mass is 640 g/mol. The molecule has 0 spiro atoms. The largest absolute Gasteiger partial charge is 0.445 e. The molecule has 1 unspecified atom stereocenters. The summed E-state index contributed by atoms with van der Waals surface area (Å²) in [6.45, 7) is 9.30. The molecular weight excluding hydrogens is 588 g/mol. The zero-order valence-corrected chi connectivity index (χ0v) is 28.0. The highest BCUT2D eigenvalue weighted by atomic mass is 16.6. The van der Waals surface area contributed by atoms with Gasteiger partial charge in [0, 0.05) is 24.6 Å². The SMILES string of the molecule is CC(=O)CC=C(C[C@@H]1CCNC1=O)NC(=O)[C@H](CC1CCCCC1)NC(=O)[C@@H](NC(=O)OCc1ccccc1)C(C)OC(C)(C)C. The van der Waals surface area contributed by atoms with E-state index < -0.39 is 41.7 Å². The fraction of sp³-hybridized carbons (Fsp3) is 0.629. The molecule has 3 rings (SSSR count). The minimum Gasteiger partial charge on any atom is -0.445 e. The van der Waals surface area contributed by atoms with E-state index in [9.17, 15) is 24.0 Å². The third-order valence-electron chi connectivity index (χ3n) is 8.25. The average Bonchev–Trinajstić information content (AvgIpc) is 3.40. The Labute approximate surface area is 273 Å². The molecule has 1 aromatic rings. The van der Waals surface area contributed by atoms with Gasteiger partial charge in [0.25, 0.3) is 0 Å². The maximum Gasteiger partial charge on any atom is 0.408 e. The number of amides is 4. The summed E-state index contributed by atoms with van der Waals surface area (Å²) >= 11 is 0. The Balaban J connectivity index is 1.80. The van der Waals surface area contributed by atoms with Crippen LogP contribution in [0.2, 0.25) is 0 Å². The van der Waals surface area contributed by atoms with Gasteiger partial charge in [-0.2, -0.15) is 0 Å². The lowest BCUT2D eigenvalue weighted by molar-refractivity contribution is -0.135. The Hall–Kier alpha value is -3.73. The minimum absolute atomic E-state index is 0.0244. The number of Topliss-reactive ketones (excluding diaryl/α,β-unsaturated/α-hetero) is 1. The van der Waals surface area contributed by atoms with Gasteiger partial charge in [0.15, 0.2) is 0 Å². The van der Waals surface area contributed by atoms with Crippen LogP contribution in [0.25, 0.3) is 0 Å². The lowest BCUT2D eigenvalue weighted by Crippen LogP contribution is -2.58. The highest BCUT2D eigenvalue weighted by Crippen LogP contribution is 2.28. The normalized spacial score (nSPS) is 19.4. The maximum atomic E-state index is 13.9. The van der Waals surface area contributed by atoms with Crippen LogP contribution >= 0.6 is 0 Å². The molecule has 0 radical (unpaired) electrons. The van der Waals surface area contributed by atoms with Crippen LogP contribution in [0.1, 0.15) is 98.0 Å². The van der Waals surface area contributed by atoms with E-state index in [2.05, 4.69) is 21.3 Å². The molecule has 0 aromatic heterocycles. The van der Waals surface area contributed by atoms with Gasteiger partial charge < -0.3 is 30.7 Å². The third kappa shape index (κ3) is 12.9. The number of ketones is 1. The molecule has 4 amide bonds. The number of carbonyl (C=O) groups is 5. The smallest absolute Gasteiger partial charge is 0.408 e. The summed E-state index contributed by atoms with van der Waals surface area (Å²) < 4.78 is 11.5. The first-order chi connectivity index (χ1) is 21.8. The van der Waals surface area contributed by atoms with Gasteiger partial charge >= 0.3 is 6.09 Å². The lowest BCUT2D eigenvalue weighted by atomic mass is 9.84. The van der Waals surface area contributed by atoms with Crippen molar-refractivity contribution < 1.29 is 33.4 Å². The van der Waals surface area contributed by atoms with Gasteiger partial charge in [0.2, 0.25) is 17.7 Å². The molecule has 4 N–H and O–H groups in total. The number of nitrogens with one attached hydrogen (secondary N) is 4. The molecule has 2 aliphatic rings. The zero-order valence-electron chi connectivity index (χ0n) is 28.0. The van der Waals surface area contributed by atoms with Crippen molar-refractivity contribution in [1.82, 2.24) is 21.3 Å². The average molecular weight is 641 g/mol. The Morgan fingerprint density at radius 3 is 2.30 bits per heavy atom. The van der Waals surface area contributed by atoms with Gasteiger partial charge in [-0.05, 0) is 65.4 Å².